The Morgan fingerprint density at radius 2 is 1.72 bits per heavy atom. The number of benzene rings is 1. The predicted octanol–water partition coefficient (Wildman–Crippen LogP) is 0.389. The van der Waals surface area contributed by atoms with Gasteiger partial charge < -0.3 is 10.5 Å². The molecule has 2 N–H and O–H groups in total. The number of amides is 2. The Hall–Kier alpha value is -1.88. The van der Waals surface area contributed by atoms with Gasteiger partial charge in [0.15, 0.2) is 0 Å². The molecule has 1 aliphatic carbocycles. The lowest BCUT2D eigenvalue weighted by Crippen LogP contribution is -2.35. The van der Waals surface area contributed by atoms with Crippen molar-refractivity contribution in [2.24, 2.45) is 23.5 Å². The fourth-order valence-electron chi connectivity index (χ4n) is 2.73. The Kier molecular flexibility index (Phi) is 2.38. The Morgan fingerprint density at radius 3 is 2.17 bits per heavy atom. The fourth-order valence-corrected chi connectivity index (χ4v) is 2.73. The highest BCUT2D eigenvalue weighted by Gasteiger charge is 2.66. The highest BCUT2D eigenvalue weighted by molar-refractivity contribution is 6.25. The van der Waals surface area contributed by atoms with Crippen molar-refractivity contribution in [1.82, 2.24) is 0 Å². The van der Waals surface area contributed by atoms with Crippen LogP contribution in [0.3, 0.4) is 0 Å². The molecule has 2 unspecified atom stereocenters. The van der Waals surface area contributed by atoms with Gasteiger partial charge in [-0.25, -0.2) is 0 Å². The Balaban J connectivity index is 1.86. The van der Waals surface area contributed by atoms with Gasteiger partial charge in [-0.05, 0) is 36.7 Å². The van der Waals surface area contributed by atoms with Crippen molar-refractivity contribution in [2.75, 3.05) is 18.6 Å². The van der Waals surface area contributed by atoms with E-state index >= 15 is 0 Å². The van der Waals surface area contributed by atoms with Gasteiger partial charge in [-0.2, -0.15) is 0 Å². The molecule has 5 nitrogen and oxygen atoms in total. The number of hydrogen-bond donors (Lipinski definition) is 1. The number of nitrogens with zero attached hydrogens (tertiary/aromatic N) is 1. The van der Waals surface area contributed by atoms with Gasteiger partial charge in [0, 0.05) is 0 Å². The van der Waals surface area contributed by atoms with Crippen molar-refractivity contribution in [1.29, 1.82) is 0 Å². The molecule has 2 atom stereocenters. The van der Waals surface area contributed by atoms with Gasteiger partial charge in [0.05, 0.1) is 24.6 Å². The van der Waals surface area contributed by atoms with Crippen LogP contribution in [0.2, 0.25) is 0 Å². The number of piperidine rings is 1. The highest BCUT2D eigenvalue weighted by atomic mass is 16.5. The number of fused-ring (bicyclic) bond motifs is 1. The molecule has 1 saturated carbocycles. The predicted molar refractivity (Wildman–Crippen MR) is 65.0 cm³/mol. The molecule has 94 valence electrons. The van der Waals surface area contributed by atoms with E-state index in [0.29, 0.717) is 18.0 Å². The lowest BCUT2D eigenvalue weighted by molar-refractivity contribution is -0.124. The number of carbonyl (C=O) groups excluding carboxylic acids is 2. The molecule has 2 amide bonds. The van der Waals surface area contributed by atoms with Gasteiger partial charge >= 0.3 is 0 Å². The van der Waals surface area contributed by atoms with Crippen LogP contribution >= 0.6 is 0 Å². The third-order valence-corrected chi connectivity index (χ3v) is 3.78. The second-order valence-corrected chi connectivity index (χ2v) is 4.66. The SMILES string of the molecule is COc1ccc(N2C(=O)C3C(CN)C3C2=O)cc1. The highest BCUT2D eigenvalue weighted by Crippen LogP contribution is 2.53. The summed E-state index contributed by atoms with van der Waals surface area (Å²) in [7, 11) is 1.57. The summed E-state index contributed by atoms with van der Waals surface area (Å²) in [5, 5.41) is 0. The van der Waals surface area contributed by atoms with Crippen LogP contribution in [0.15, 0.2) is 24.3 Å². The number of nitrogens with two attached hydrogens (primary N) is 1. The fraction of sp³-hybridized carbons (Fsp3) is 0.385. The van der Waals surface area contributed by atoms with Crippen molar-refractivity contribution in [3.8, 4) is 5.75 Å². The summed E-state index contributed by atoms with van der Waals surface area (Å²) in [5.41, 5.74) is 6.14. The third kappa shape index (κ3) is 1.37. The van der Waals surface area contributed by atoms with Gasteiger partial charge in [-0.3, -0.25) is 14.5 Å². The molecule has 0 spiro atoms. The van der Waals surface area contributed by atoms with Crippen LogP contribution in [-0.4, -0.2) is 25.5 Å². The Labute approximate surface area is 105 Å². The second kappa shape index (κ2) is 3.81. The average Bonchev–Trinajstić information content (AvgIpc) is 3.07. The van der Waals surface area contributed by atoms with E-state index in [1.54, 1.807) is 31.4 Å². The molecule has 1 heterocycles. The normalized spacial score (nSPS) is 29.4. The van der Waals surface area contributed by atoms with Gasteiger partial charge in [-0.1, -0.05) is 0 Å². The monoisotopic (exact) mass is 246 g/mol. The van der Waals surface area contributed by atoms with Crippen LogP contribution in [0.1, 0.15) is 0 Å². The van der Waals surface area contributed by atoms with E-state index in [4.69, 9.17) is 10.5 Å². The van der Waals surface area contributed by atoms with E-state index in [-0.39, 0.29) is 29.6 Å². The minimum atomic E-state index is -0.190. The van der Waals surface area contributed by atoms with Crippen LogP contribution in [-0.2, 0) is 9.59 Å². The summed E-state index contributed by atoms with van der Waals surface area (Å²) in [4.78, 5) is 25.5. The number of anilines is 1. The first-order valence-corrected chi connectivity index (χ1v) is 5.91. The number of rotatable bonds is 3. The number of ether oxygens (including phenoxy) is 1. The molecule has 0 radical (unpaired) electrons. The summed E-state index contributed by atoms with van der Waals surface area (Å²) in [6, 6.07) is 6.91. The van der Waals surface area contributed by atoms with Crippen molar-refractivity contribution in [3.63, 3.8) is 0 Å². The number of hydrogen-bond acceptors (Lipinski definition) is 4. The van der Waals surface area contributed by atoms with E-state index in [1.165, 1.54) is 4.90 Å². The molecule has 2 aliphatic rings. The number of methoxy groups -OCH3 is 1. The van der Waals surface area contributed by atoms with Crippen molar-refractivity contribution >= 4 is 17.5 Å². The summed E-state index contributed by atoms with van der Waals surface area (Å²) in [6.07, 6.45) is 0. The minimum Gasteiger partial charge on any atom is -0.497 e. The largest absolute Gasteiger partial charge is 0.497 e. The zero-order chi connectivity index (χ0) is 12.9. The Morgan fingerprint density at radius 1 is 1.17 bits per heavy atom. The molecule has 0 bridgehead atoms. The van der Waals surface area contributed by atoms with Gasteiger partial charge in [-0.15, -0.1) is 0 Å². The zero-order valence-electron chi connectivity index (χ0n) is 10.00. The van der Waals surface area contributed by atoms with Crippen LogP contribution in [0, 0.1) is 17.8 Å². The molecular formula is C13H14N2O3. The molecule has 5 heteroatoms. The van der Waals surface area contributed by atoms with Crippen molar-refractivity contribution in [3.05, 3.63) is 24.3 Å². The van der Waals surface area contributed by atoms with Crippen LogP contribution in [0.4, 0.5) is 5.69 Å². The van der Waals surface area contributed by atoms with E-state index < -0.39 is 0 Å². The smallest absolute Gasteiger partial charge is 0.238 e. The van der Waals surface area contributed by atoms with E-state index in [1.807, 2.05) is 0 Å². The maximum Gasteiger partial charge on any atom is 0.238 e. The first kappa shape index (κ1) is 11.2. The molecule has 1 saturated heterocycles. The van der Waals surface area contributed by atoms with Crippen molar-refractivity contribution in [2.45, 2.75) is 0 Å². The number of carbonyl (C=O) groups is 2. The first-order chi connectivity index (χ1) is 8.69. The molecule has 2 fully saturated rings. The summed E-state index contributed by atoms with van der Waals surface area (Å²) in [5.74, 6) is 0.132. The zero-order valence-corrected chi connectivity index (χ0v) is 10.00. The second-order valence-electron chi connectivity index (χ2n) is 4.66. The standard InChI is InChI=1S/C13H14N2O3/c1-18-8-4-2-7(3-5-8)15-12(16)10-9(6-14)11(10)13(15)17/h2-5,9-11H,6,14H2,1H3. The summed E-state index contributed by atoms with van der Waals surface area (Å²) >= 11 is 0. The van der Waals surface area contributed by atoms with Crippen LogP contribution in [0.25, 0.3) is 0 Å². The van der Waals surface area contributed by atoms with Gasteiger partial charge in [0.1, 0.15) is 5.75 Å². The summed E-state index contributed by atoms with van der Waals surface area (Å²) in [6.45, 7) is 0.406. The van der Waals surface area contributed by atoms with E-state index in [9.17, 15) is 9.59 Å². The Bertz CT molecular complexity index is 489. The lowest BCUT2D eigenvalue weighted by atomic mass is 10.2. The van der Waals surface area contributed by atoms with Crippen LogP contribution in [0.5, 0.6) is 5.75 Å². The molecule has 18 heavy (non-hydrogen) atoms. The maximum atomic E-state index is 12.1. The van der Waals surface area contributed by atoms with Crippen molar-refractivity contribution < 1.29 is 14.3 Å². The lowest BCUT2D eigenvalue weighted by Gasteiger charge is -2.18. The third-order valence-electron chi connectivity index (χ3n) is 3.78. The minimum absolute atomic E-state index is 0.0551. The summed E-state index contributed by atoms with van der Waals surface area (Å²) < 4.78 is 5.04. The quantitative estimate of drug-likeness (QED) is 0.783. The molecule has 1 aromatic rings. The van der Waals surface area contributed by atoms with Gasteiger partial charge in [0.25, 0.3) is 0 Å². The average molecular weight is 246 g/mol. The maximum absolute atomic E-state index is 12.1. The first-order valence-electron chi connectivity index (χ1n) is 5.91. The van der Waals surface area contributed by atoms with Gasteiger partial charge in [0.2, 0.25) is 11.8 Å². The molecular weight excluding hydrogens is 232 g/mol. The van der Waals surface area contributed by atoms with Crippen LogP contribution < -0.4 is 15.4 Å². The number of imide groups is 1. The molecule has 1 aromatic carbocycles. The molecule has 0 aromatic heterocycles. The molecule has 3 rings (SSSR count). The van der Waals surface area contributed by atoms with E-state index in [2.05, 4.69) is 0 Å². The molecule has 1 aliphatic heterocycles. The topological polar surface area (TPSA) is 72.6 Å². The van der Waals surface area contributed by atoms with E-state index in [0.717, 1.165) is 0 Å².